The van der Waals surface area contributed by atoms with E-state index in [1.165, 1.54) is 9.75 Å². The third kappa shape index (κ3) is 2.16. The van der Waals surface area contributed by atoms with Crippen molar-refractivity contribution in [3.05, 3.63) is 21.9 Å². The number of nitrogens with one attached hydrogen (secondary N) is 1. The first-order valence-corrected chi connectivity index (χ1v) is 6.02. The van der Waals surface area contributed by atoms with E-state index in [1.54, 1.807) is 0 Å². The van der Waals surface area contributed by atoms with Gasteiger partial charge in [-0.3, -0.25) is 0 Å². The smallest absolute Gasteiger partial charge is 0.0471 e. The van der Waals surface area contributed by atoms with Gasteiger partial charge in [0.05, 0.1) is 0 Å². The van der Waals surface area contributed by atoms with E-state index < -0.39 is 0 Å². The Hall–Kier alpha value is -0.380. The molecule has 78 valence electrons. The summed E-state index contributed by atoms with van der Waals surface area (Å²) in [6.45, 7) is 3.43. The number of piperidine rings is 1. The molecule has 2 N–H and O–H groups in total. The molecule has 2 heterocycles. The van der Waals surface area contributed by atoms with Crippen LogP contribution in [0.5, 0.6) is 0 Å². The van der Waals surface area contributed by atoms with E-state index in [0.717, 1.165) is 19.4 Å². The number of hydrogen-bond acceptors (Lipinski definition) is 3. The van der Waals surface area contributed by atoms with Crippen molar-refractivity contribution in [3.63, 3.8) is 0 Å². The summed E-state index contributed by atoms with van der Waals surface area (Å²) < 4.78 is 0. The molecular weight excluding hydrogens is 194 g/mol. The number of hydrogen-bond donors (Lipinski definition) is 2. The molecule has 14 heavy (non-hydrogen) atoms. The largest absolute Gasteiger partial charge is 0.396 e. The maximum Gasteiger partial charge on any atom is 0.0471 e. The lowest BCUT2D eigenvalue weighted by Crippen LogP contribution is -2.34. The number of aliphatic hydroxyl groups excluding tert-OH is 1. The van der Waals surface area contributed by atoms with Crippen LogP contribution in [0.15, 0.2) is 12.1 Å². The van der Waals surface area contributed by atoms with Crippen molar-refractivity contribution in [3.8, 4) is 0 Å². The van der Waals surface area contributed by atoms with Crippen LogP contribution in [0.4, 0.5) is 0 Å². The number of thiophene rings is 1. The predicted molar refractivity (Wildman–Crippen MR) is 59.6 cm³/mol. The average molecular weight is 211 g/mol. The van der Waals surface area contributed by atoms with Crippen LogP contribution in [0, 0.1) is 12.8 Å². The molecule has 0 saturated carbocycles. The quantitative estimate of drug-likeness (QED) is 0.785. The van der Waals surface area contributed by atoms with E-state index in [2.05, 4.69) is 24.4 Å². The van der Waals surface area contributed by atoms with Gasteiger partial charge in [-0.25, -0.2) is 0 Å². The third-order valence-electron chi connectivity index (χ3n) is 2.88. The highest BCUT2D eigenvalue weighted by Crippen LogP contribution is 2.30. The highest BCUT2D eigenvalue weighted by molar-refractivity contribution is 7.12. The van der Waals surface area contributed by atoms with Gasteiger partial charge in [-0.1, -0.05) is 0 Å². The molecule has 0 aliphatic carbocycles. The molecule has 1 aromatic heterocycles. The molecule has 1 aromatic rings. The van der Waals surface area contributed by atoms with Crippen molar-refractivity contribution in [2.45, 2.75) is 25.8 Å². The molecule has 2 unspecified atom stereocenters. The average Bonchev–Trinajstić information content (AvgIpc) is 2.65. The van der Waals surface area contributed by atoms with Gasteiger partial charge >= 0.3 is 0 Å². The molecule has 1 aliphatic rings. The first-order chi connectivity index (χ1) is 6.79. The lowest BCUT2D eigenvalue weighted by atomic mass is 9.95. The topological polar surface area (TPSA) is 32.3 Å². The Morgan fingerprint density at radius 1 is 1.50 bits per heavy atom. The van der Waals surface area contributed by atoms with Crippen LogP contribution in [0.2, 0.25) is 0 Å². The van der Waals surface area contributed by atoms with Gasteiger partial charge in [-0.05, 0) is 37.8 Å². The van der Waals surface area contributed by atoms with Gasteiger partial charge in [0.15, 0.2) is 0 Å². The minimum atomic E-state index is 0.323. The summed E-state index contributed by atoms with van der Waals surface area (Å²) in [6.07, 6.45) is 2.30. The second-order valence-corrected chi connectivity index (χ2v) is 5.35. The Morgan fingerprint density at radius 2 is 2.36 bits per heavy atom. The van der Waals surface area contributed by atoms with E-state index in [9.17, 15) is 0 Å². The normalized spacial score (nSPS) is 27.9. The summed E-state index contributed by atoms with van der Waals surface area (Å²) in [5.74, 6) is 0.465. The third-order valence-corrected chi connectivity index (χ3v) is 3.99. The zero-order chi connectivity index (χ0) is 9.97. The summed E-state index contributed by atoms with van der Waals surface area (Å²) in [4.78, 5) is 2.82. The Kier molecular flexibility index (Phi) is 3.21. The maximum absolute atomic E-state index is 9.01. The summed E-state index contributed by atoms with van der Waals surface area (Å²) in [5, 5.41) is 12.5. The van der Waals surface area contributed by atoms with E-state index >= 15 is 0 Å². The van der Waals surface area contributed by atoms with Crippen LogP contribution in [0.1, 0.15) is 28.6 Å². The summed E-state index contributed by atoms with van der Waals surface area (Å²) in [7, 11) is 0. The van der Waals surface area contributed by atoms with Gasteiger partial charge in [0.2, 0.25) is 0 Å². The van der Waals surface area contributed by atoms with Gasteiger partial charge in [-0.15, -0.1) is 11.3 Å². The standard InChI is InChI=1S/C11H17NOS/c1-8-2-5-11(14-8)10-4-3-9(7-13)6-12-10/h2,5,9-10,12-13H,3-4,6-7H2,1H3. The van der Waals surface area contributed by atoms with Crippen molar-refractivity contribution >= 4 is 11.3 Å². The zero-order valence-corrected chi connectivity index (χ0v) is 9.31. The highest BCUT2D eigenvalue weighted by atomic mass is 32.1. The van der Waals surface area contributed by atoms with Crippen molar-refractivity contribution in [2.24, 2.45) is 5.92 Å². The molecule has 0 bridgehead atoms. The SMILES string of the molecule is Cc1ccc(C2CCC(CO)CN2)s1. The van der Waals surface area contributed by atoms with Crippen LogP contribution in [0.25, 0.3) is 0 Å². The minimum absolute atomic E-state index is 0.323. The van der Waals surface area contributed by atoms with Crippen LogP contribution in [-0.2, 0) is 0 Å². The predicted octanol–water partition coefficient (Wildman–Crippen LogP) is 2.09. The molecule has 0 radical (unpaired) electrons. The number of rotatable bonds is 2. The summed E-state index contributed by atoms with van der Waals surface area (Å²) in [6, 6.07) is 4.92. The fourth-order valence-corrected chi connectivity index (χ4v) is 2.94. The molecular formula is C11H17NOS. The van der Waals surface area contributed by atoms with Crippen molar-refractivity contribution in [1.29, 1.82) is 0 Å². The number of aryl methyl sites for hydroxylation is 1. The zero-order valence-electron chi connectivity index (χ0n) is 8.49. The van der Waals surface area contributed by atoms with Gasteiger partial charge in [-0.2, -0.15) is 0 Å². The molecule has 1 fully saturated rings. The fourth-order valence-electron chi connectivity index (χ4n) is 1.95. The minimum Gasteiger partial charge on any atom is -0.396 e. The first-order valence-electron chi connectivity index (χ1n) is 5.20. The Balaban J connectivity index is 1.95. The summed E-state index contributed by atoms with van der Waals surface area (Å²) in [5.41, 5.74) is 0. The van der Waals surface area contributed by atoms with Crippen molar-refractivity contribution in [2.75, 3.05) is 13.2 Å². The Morgan fingerprint density at radius 3 is 2.86 bits per heavy atom. The molecule has 1 saturated heterocycles. The van der Waals surface area contributed by atoms with E-state index in [-0.39, 0.29) is 0 Å². The molecule has 2 rings (SSSR count). The molecule has 3 heteroatoms. The second kappa shape index (κ2) is 4.43. The molecule has 2 nitrogen and oxygen atoms in total. The maximum atomic E-state index is 9.01. The monoisotopic (exact) mass is 211 g/mol. The molecule has 2 atom stereocenters. The van der Waals surface area contributed by atoms with E-state index in [0.29, 0.717) is 18.6 Å². The van der Waals surface area contributed by atoms with Gasteiger partial charge in [0.25, 0.3) is 0 Å². The van der Waals surface area contributed by atoms with E-state index in [4.69, 9.17) is 5.11 Å². The molecule has 0 amide bonds. The van der Waals surface area contributed by atoms with Crippen LogP contribution >= 0.6 is 11.3 Å². The molecule has 1 aliphatic heterocycles. The van der Waals surface area contributed by atoms with Crippen LogP contribution in [-0.4, -0.2) is 18.3 Å². The molecule has 0 aromatic carbocycles. The highest BCUT2D eigenvalue weighted by Gasteiger charge is 2.21. The molecule has 0 spiro atoms. The van der Waals surface area contributed by atoms with E-state index in [1.807, 2.05) is 11.3 Å². The lowest BCUT2D eigenvalue weighted by Gasteiger charge is -2.28. The number of aliphatic hydroxyl groups is 1. The van der Waals surface area contributed by atoms with Crippen LogP contribution < -0.4 is 5.32 Å². The van der Waals surface area contributed by atoms with Crippen LogP contribution in [0.3, 0.4) is 0 Å². The lowest BCUT2D eigenvalue weighted by molar-refractivity contribution is 0.184. The van der Waals surface area contributed by atoms with Gasteiger partial charge in [0.1, 0.15) is 0 Å². The van der Waals surface area contributed by atoms with Gasteiger partial charge in [0, 0.05) is 28.9 Å². The fraction of sp³-hybridized carbons (Fsp3) is 0.636. The van der Waals surface area contributed by atoms with Crippen molar-refractivity contribution < 1.29 is 5.11 Å². The summed E-state index contributed by atoms with van der Waals surface area (Å²) >= 11 is 1.88. The first kappa shape index (κ1) is 10.1. The second-order valence-electron chi connectivity index (χ2n) is 4.04. The van der Waals surface area contributed by atoms with Gasteiger partial charge < -0.3 is 10.4 Å². The van der Waals surface area contributed by atoms with Crippen molar-refractivity contribution in [1.82, 2.24) is 5.32 Å². The Bertz CT molecular complexity index is 289. The Labute approximate surface area is 89.0 Å².